The zero-order chi connectivity index (χ0) is 14.9. The van der Waals surface area contributed by atoms with Gasteiger partial charge in [0.25, 0.3) is 0 Å². The molecule has 2 rings (SSSR count). The minimum Gasteiger partial charge on any atom is -0.444 e. The monoisotopic (exact) mass is 289 g/mol. The van der Waals surface area contributed by atoms with Gasteiger partial charge in [-0.25, -0.2) is 4.79 Å². The van der Waals surface area contributed by atoms with E-state index in [1.165, 1.54) is 5.56 Å². The van der Waals surface area contributed by atoms with Crippen molar-refractivity contribution < 1.29 is 14.3 Å². The van der Waals surface area contributed by atoms with E-state index >= 15 is 0 Å². The number of benzene rings is 1. The summed E-state index contributed by atoms with van der Waals surface area (Å²) < 4.78 is 10.6. The first-order chi connectivity index (χ1) is 10.3. The summed E-state index contributed by atoms with van der Waals surface area (Å²) in [6, 6.07) is 10.3. The molecule has 4 nitrogen and oxygen atoms in total. The third-order valence-corrected chi connectivity index (χ3v) is 3.49. The van der Waals surface area contributed by atoms with E-state index in [1.807, 2.05) is 25.1 Å². The van der Waals surface area contributed by atoms with E-state index in [0.29, 0.717) is 6.61 Å². The molecule has 1 fully saturated rings. The lowest BCUT2D eigenvalue weighted by Crippen LogP contribution is -2.29. The van der Waals surface area contributed by atoms with E-state index in [4.69, 9.17) is 9.47 Å². The summed E-state index contributed by atoms with van der Waals surface area (Å²) in [4.78, 5) is 11.0. The molecule has 4 heteroatoms. The first kappa shape index (κ1) is 15.6. The quantitative estimate of drug-likeness (QED) is 0.589. The Morgan fingerprint density at radius 2 is 2.10 bits per heavy atom. The van der Waals surface area contributed by atoms with Crippen LogP contribution in [0.1, 0.15) is 31.7 Å². The van der Waals surface area contributed by atoms with Crippen LogP contribution in [0.3, 0.4) is 0 Å². The Balaban J connectivity index is 1.50. The molecular weight excluding hydrogens is 266 g/mol. The van der Waals surface area contributed by atoms with Gasteiger partial charge in [-0.3, -0.25) is 0 Å². The molecule has 1 aromatic rings. The number of hydrogen-bond acceptors (Lipinski definition) is 3. The molecule has 1 aliphatic heterocycles. The van der Waals surface area contributed by atoms with Crippen LogP contribution in [0, 0.1) is 0 Å². The molecule has 1 aliphatic rings. The normalized spacial score (nSPS) is 21.5. The third kappa shape index (κ3) is 5.60. The van der Waals surface area contributed by atoms with E-state index in [0.717, 1.165) is 25.9 Å². The zero-order valence-corrected chi connectivity index (χ0v) is 12.5. The lowest BCUT2D eigenvalue weighted by molar-refractivity contribution is 0.119. The number of hydrogen-bond donors (Lipinski definition) is 1. The largest absolute Gasteiger partial charge is 0.444 e. The van der Waals surface area contributed by atoms with Crippen molar-refractivity contribution in [2.24, 2.45) is 0 Å². The molecule has 0 bridgehead atoms. The van der Waals surface area contributed by atoms with E-state index in [2.05, 4.69) is 29.6 Å². The van der Waals surface area contributed by atoms with Crippen LogP contribution in [0.25, 0.3) is 0 Å². The first-order valence-corrected chi connectivity index (χ1v) is 7.49. The molecule has 0 saturated carbocycles. The highest BCUT2D eigenvalue weighted by Crippen LogP contribution is 2.12. The lowest BCUT2D eigenvalue weighted by Gasteiger charge is -2.09. The highest BCUT2D eigenvalue weighted by atomic mass is 16.6. The Morgan fingerprint density at radius 1 is 1.29 bits per heavy atom. The van der Waals surface area contributed by atoms with Crippen LogP contribution in [-0.4, -0.2) is 24.8 Å². The summed E-state index contributed by atoms with van der Waals surface area (Å²) in [5.74, 6) is 0. The summed E-state index contributed by atoms with van der Waals surface area (Å²) in [7, 11) is 0. The third-order valence-electron chi connectivity index (χ3n) is 3.49. The molecular formula is C17H23NO3. The van der Waals surface area contributed by atoms with Crippen molar-refractivity contribution in [2.45, 2.75) is 44.9 Å². The number of cyclic esters (lactones) is 1. The maximum Gasteiger partial charge on any atom is 0.407 e. The second kappa shape index (κ2) is 8.47. The fourth-order valence-corrected chi connectivity index (χ4v) is 2.23. The van der Waals surface area contributed by atoms with Crippen molar-refractivity contribution in [3.63, 3.8) is 0 Å². The van der Waals surface area contributed by atoms with Crippen LogP contribution in [0.2, 0.25) is 0 Å². The van der Waals surface area contributed by atoms with E-state index in [1.54, 1.807) is 0 Å². The van der Waals surface area contributed by atoms with Crippen LogP contribution in [0.4, 0.5) is 4.79 Å². The average Bonchev–Trinajstić information content (AvgIpc) is 2.81. The van der Waals surface area contributed by atoms with Gasteiger partial charge in [0, 0.05) is 6.61 Å². The lowest BCUT2D eigenvalue weighted by atomic mass is 10.1. The molecule has 114 valence electrons. The van der Waals surface area contributed by atoms with Gasteiger partial charge in [0.1, 0.15) is 6.10 Å². The van der Waals surface area contributed by atoms with Gasteiger partial charge in [-0.15, -0.1) is 0 Å². The summed E-state index contributed by atoms with van der Waals surface area (Å²) in [5, 5.41) is 2.80. The van der Waals surface area contributed by atoms with Gasteiger partial charge < -0.3 is 14.8 Å². The maximum absolute atomic E-state index is 11.0. The summed E-state index contributed by atoms with van der Waals surface area (Å²) in [6.07, 6.45) is 6.71. The molecule has 2 atom stereocenters. The van der Waals surface area contributed by atoms with Crippen molar-refractivity contribution in [1.29, 1.82) is 0 Å². The number of carbonyl (C=O) groups is 1. The molecule has 21 heavy (non-hydrogen) atoms. The van der Waals surface area contributed by atoms with Gasteiger partial charge in [0.05, 0.1) is 12.6 Å². The van der Waals surface area contributed by atoms with Crippen molar-refractivity contribution in [1.82, 2.24) is 5.32 Å². The number of carbonyl (C=O) groups excluding carboxylic acids is 1. The molecule has 1 aromatic carbocycles. The SMILES string of the molecule is C[C@@H]1OC(=O)N[C@H]1C/C=C/CCCOCc1ccccc1. The number of rotatable bonds is 8. The number of unbranched alkanes of at least 4 members (excludes halogenated alkanes) is 1. The Morgan fingerprint density at radius 3 is 2.81 bits per heavy atom. The van der Waals surface area contributed by atoms with Crippen molar-refractivity contribution in [3.8, 4) is 0 Å². The number of alkyl carbamates (subject to hydrolysis) is 1. The predicted octanol–water partition coefficient (Wildman–Crippen LogP) is 3.43. The molecule has 1 heterocycles. The smallest absolute Gasteiger partial charge is 0.407 e. The Hall–Kier alpha value is -1.81. The van der Waals surface area contributed by atoms with Gasteiger partial charge in [-0.1, -0.05) is 42.5 Å². The van der Waals surface area contributed by atoms with Crippen LogP contribution in [-0.2, 0) is 16.1 Å². The van der Waals surface area contributed by atoms with Crippen LogP contribution in [0.5, 0.6) is 0 Å². The average molecular weight is 289 g/mol. The fourth-order valence-electron chi connectivity index (χ4n) is 2.23. The van der Waals surface area contributed by atoms with Crippen LogP contribution in [0.15, 0.2) is 42.5 Å². The topological polar surface area (TPSA) is 47.6 Å². The van der Waals surface area contributed by atoms with E-state index in [9.17, 15) is 4.79 Å². The highest BCUT2D eigenvalue weighted by Gasteiger charge is 2.28. The van der Waals surface area contributed by atoms with Gasteiger partial charge in [0.2, 0.25) is 0 Å². The molecule has 0 aromatic heterocycles. The zero-order valence-electron chi connectivity index (χ0n) is 12.5. The Labute approximate surface area is 126 Å². The molecule has 0 spiro atoms. The second-order valence-corrected chi connectivity index (χ2v) is 5.25. The summed E-state index contributed by atoms with van der Waals surface area (Å²) in [5.41, 5.74) is 1.21. The molecule has 0 unspecified atom stereocenters. The first-order valence-electron chi connectivity index (χ1n) is 7.49. The summed E-state index contributed by atoms with van der Waals surface area (Å²) >= 11 is 0. The highest BCUT2D eigenvalue weighted by molar-refractivity contribution is 5.70. The molecule has 0 radical (unpaired) electrons. The van der Waals surface area contributed by atoms with Gasteiger partial charge in [-0.2, -0.15) is 0 Å². The number of allylic oxidation sites excluding steroid dienone is 1. The molecule has 1 amide bonds. The minimum atomic E-state index is -0.310. The molecule has 1 saturated heterocycles. The summed E-state index contributed by atoms with van der Waals surface area (Å²) in [6.45, 7) is 3.35. The van der Waals surface area contributed by atoms with Gasteiger partial charge >= 0.3 is 6.09 Å². The minimum absolute atomic E-state index is 0.0450. The van der Waals surface area contributed by atoms with Crippen LogP contribution >= 0.6 is 0 Å². The molecule has 1 N–H and O–H groups in total. The van der Waals surface area contributed by atoms with Gasteiger partial charge in [-0.05, 0) is 31.7 Å². The fraction of sp³-hybridized carbons (Fsp3) is 0.471. The Kier molecular flexibility index (Phi) is 6.28. The van der Waals surface area contributed by atoms with E-state index in [-0.39, 0.29) is 18.2 Å². The Bertz CT molecular complexity index is 458. The predicted molar refractivity (Wildman–Crippen MR) is 82.0 cm³/mol. The van der Waals surface area contributed by atoms with Gasteiger partial charge in [0.15, 0.2) is 0 Å². The number of amides is 1. The van der Waals surface area contributed by atoms with Crippen molar-refractivity contribution >= 4 is 6.09 Å². The maximum atomic E-state index is 11.0. The molecule has 0 aliphatic carbocycles. The van der Waals surface area contributed by atoms with Crippen molar-refractivity contribution in [3.05, 3.63) is 48.0 Å². The standard InChI is InChI=1S/C17H23NO3/c1-14-16(18-17(19)21-14)11-7-2-3-8-12-20-13-15-9-5-4-6-10-15/h2,4-7,9-10,14,16H,3,8,11-13H2,1H3,(H,18,19)/b7-2+/t14-,16-/m0/s1. The number of ether oxygens (including phenoxy) is 2. The van der Waals surface area contributed by atoms with Crippen molar-refractivity contribution in [2.75, 3.05) is 6.61 Å². The second-order valence-electron chi connectivity index (χ2n) is 5.25. The van der Waals surface area contributed by atoms with Crippen LogP contribution < -0.4 is 5.32 Å². The van der Waals surface area contributed by atoms with E-state index < -0.39 is 0 Å². The number of nitrogens with one attached hydrogen (secondary N) is 1.